The van der Waals surface area contributed by atoms with Crippen LogP contribution in [-0.4, -0.2) is 39.7 Å². The molecule has 0 saturated heterocycles. The number of nitrogens with zero attached hydrogens (tertiary/aromatic N) is 3. The summed E-state index contributed by atoms with van der Waals surface area (Å²) in [7, 11) is 0. The van der Waals surface area contributed by atoms with Crippen molar-refractivity contribution in [2.45, 2.75) is 60.8 Å². The van der Waals surface area contributed by atoms with Gasteiger partial charge in [-0.15, -0.1) is 0 Å². The molecule has 0 fully saturated rings. The Labute approximate surface area is 214 Å². The van der Waals surface area contributed by atoms with Crippen molar-refractivity contribution < 1.29 is 9.59 Å². The molecule has 0 unspecified atom stereocenters. The first-order valence-electron chi connectivity index (χ1n) is 12.4. The Hall–Kier alpha value is -3.61. The minimum Gasteiger partial charge on any atom is -0.315 e. The molecule has 1 aromatic heterocycles. The number of hydrogen-bond acceptors (Lipinski definition) is 3. The zero-order valence-corrected chi connectivity index (χ0v) is 22.8. The van der Waals surface area contributed by atoms with Gasteiger partial charge >= 0.3 is 6.03 Å². The minimum absolute atomic E-state index is 0.0707. The third-order valence-corrected chi connectivity index (χ3v) is 5.82. The second-order valence-electron chi connectivity index (χ2n) is 11.0. The number of rotatable bonds is 7. The van der Waals surface area contributed by atoms with Gasteiger partial charge in [-0.2, -0.15) is 5.10 Å². The fourth-order valence-corrected chi connectivity index (χ4v) is 3.96. The Morgan fingerprint density at radius 1 is 0.972 bits per heavy atom. The van der Waals surface area contributed by atoms with Crippen LogP contribution in [0.2, 0.25) is 0 Å². The van der Waals surface area contributed by atoms with Gasteiger partial charge in [-0.25, -0.2) is 9.48 Å². The number of benzene rings is 2. The number of amides is 3. The average molecular weight is 490 g/mol. The number of urea groups is 1. The molecule has 0 bridgehead atoms. The second kappa shape index (κ2) is 11.0. The Bertz CT molecular complexity index is 1240. The monoisotopic (exact) mass is 489 g/mol. The molecule has 7 nitrogen and oxygen atoms in total. The zero-order valence-electron chi connectivity index (χ0n) is 22.8. The fourth-order valence-electron chi connectivity index (χ4n) is 3.96. The normalized spacial score (nSPS) is 11.5. The summed E-state index contributed by atoms with van der Waals surface area (Å²) in [5.41, 5.74) is 5.50. The van der Waals surface area contributed by atoms with Gasteiger partial charge in [0.15, 0.2) is 0 Å². The van der Waals surface area contributed by atoms with Gasteiger partial charge in [0.1, 0.15) is 12.4 Å². The number of carbonyl (C=O) groups excluding carboxylic acids is 2. The van der Waals surface area contributed by atoms with Gasteiger partial charge in [0.2, 0.25) is 5.91 Å². The number of anilines is 2. The van der Waals surface area contributed by atoms with Crippen LogP contribution in [0.4, 0.5) is 16.3 Å². The molecule has 0 aliphatic rings. The molecule has 192 valence electrons. The standard InChI is InChI=1S/C29H39N5O2/c1-19(2)17-33(28(36)30-24-13-12-21(4)14-22(24)5)18-27(35)31-26-16-25(29(6,7)8)32-34(26)23-11-9-10-20(3)15-23/h9-16,19H,17-18H2,1-8H3,(H,30,36)(H,31,35). The van der Waals surface area contributed by atoms with Crippen LogP contribution in [0.5, 0.6) is 0 Å². The van der Waals surface area contributed by atoms with E-state index in [4.69, 9.17) is 5.10 Å². The molecule has 2 N–H and O–H groups in total. The largest absolute Gasteiger partial charge is 0.322 e. The predicted octanol–water partition coefficient (Wildman–Crippen LogP) is 6.22. The Morgan fingerprint density at radius 2 is 1.67 bits per heavy atom. The van der Waals surface area contributed by atoms with E-state index in [1.165, 1.54) is 0 Å². The van der Waals surface area contributed by atoms with Crippen LogP contribution in [-0.2, 0) is 10.2 Å². The summed E-state index contributed by atoms with van der Waals surface area (Å²) in [5.74, 6) is 0.503. The lowest BCUT2D eigenvalue weighted by Gasteiger charge is -2.25. The molecule has 3 aromatic rings. The highest BCUT2D eigenvalue weighted by atomic mass is 16.2. The quantitative estimate of drug-likeness (QED) is 0.413. The number of aryl methyl sites for hydroxylation is 3. The molecular weight excluding hydrogens is 450 g/mol. The molecule has 2 aromatic carbocycles. The van der Waals surface area contributed by atoms with E-state index in [1.54, 1.807) is 9.58 Å². The maximum absolute atomic E-state index is 13.2. The minimum atomic E-state index is -0.298. The lowest BCUT2D eigenvalue weighted by molar-refractivity contribution is -0.116. The van der Waals surface area contributed by atoms with Gasteiger partial charge < -0.3 is 15.5 Å². The molecule has 1 heterocycles. The van der Waals surface area contributed by atoms with Crippen LogP contribution >= 0.6 is 0 Å². The molecule has 0 aliphatic carbocycles. The lowest BCUT2D eigenvalue weighted by atomic mass is 9.92. The Morgan fingerprint density at radius 3 is 2.28 bits per heavy atom. The van der Waals surface area contributed by atoms with Gasteiger partial charge in [-0.05, 0) is 56.0 Å². The Kier molecular flexibility index (Phi) is 8.23. The first kappa shape index (κ1) is 27.0. The highest BCUT2D eigenvalue weighted by Crippen LogP contribution is 2.26. The van der Waals surface area contributed by atoms with Crippen molar-refractivity contribution in [1.82, 2.24) is 14.7 Å². The lowest BCUT2D eigenvalue weighted by Crippen LogP contribution is -2.42. The third kappa shape index (κ3) is 6.97. The van der Waals surface area contributed by atoms with E-state index in [-0.39, 0.29) is 29.8 Å². The number of nitrogens with one attached hydrogen (secondary N) is 2. The highest BCUT2D eigenvalue weighted by molar-refractivity contribution is 5.97. The van der Waals surface area contributed by atoms with Crippen LogP contribution in [0.15, 0.2) is 48.5 Å². The second-order valence-corrected chi connectivity index (χ2v) is 11.0. The predicted molar refractivity (Wildman–Crippen MR) is 147 cm³/mol. The van der Waals surface area contributed by atoms with E-state index in [9.17, 15) is 9.59 Å². The van der Waals surface area contributed by atoms with Crippen molar-refractivity contribution in [3.05, 3.63) is 70.9 Å². The van der Waals surface area contributed by atoms with E-state index < -0.39 is 0 Å². The summed E-state index contributed by atoms with van der Waals surface area (Å²) in [4.78, 5) is 27.9. The van der Waals surface area contributed by atoms with Crippen molar-refractivity contribution in [2.75, 3.05) is 23.7 Å². The van der Waals surface area contributed by atoms with Crippen molar-refractivity contribution in [3.8, 4) is 5.69 Å². The molecule has 0 aliphatic heterocycles. The average Bonchev–Trinajstić information content (AvgIpc) is 3.19. The number of hydrogen-bond donors (Lipinski definition) is 2. The van der Waals surface area contributed by atoms with Crippen LogP contribution in [0.1, 0.15) is 57.0 Å². The van der Waals surface area contributed by atoms with Crippen LogP contribution in [0.3, 0.4) is 0 Å². The molecule has 0 atom stereocenters. The fraction of sp³-hybridized carbons (Fsp3) is 0.414. The first-order valence-corrected chi connectivity index (χ1v) is 12.4. The van der Waals surface area contributed by atoms with Crippen molar-refractivity contribution in [2.24, 2.45) is 5.92 Å². The van der Waals surface area contributed by atoms with Crippen LogP contribution in [0.25, 0.3) is 5.69 Å². The van der Waals surface area contributed by atoms with Crippen LogP contribution in [0, 0.1) is 26.7 Å². The number of carbonyl (C=O) groups is 2. The van der Waals surface area contributed by atoms with E-state index >= 15 is 0 Å². The van der Waals surface area contributed by atoms with Gasteiger partial charge in [0.05, 0.1) is 11.4 Å². The first-order chi connectivity index (χ1) is 16.8. The van der Waals surface area contributed by atoms with Crippen molar-refractivity contribution >= 4 is 23.4 Å². The SMILES string of the molecule is Cc1cccc(-n2nc(C(C)(C)C)cc2NC(=O)CN(CC(C)C)C(=O)Nc2ccc(C)cc2C)c1. The molecule has 3 rings (SSSR count). The van der Waals surface area contributed by atoms with E-state index in [0.29, 0.717) is 12.4 Å². The maximum atomic E-state index is 13.2. The molecule has 0 radical (unpaired) electrons. The zero-order chi connectivity index (χ0) is 26.6. The van der Waals surface area contributed by atoms with E-state index in [2.05, 4.69) is 31.4 Å². The van der Waals surface area contributed by atoms with Gasteiger partial charge in [-0.1, -0.05) is 64.4 Å². The summed E-state index contributed by atoms with van der Waals surface area (Å²) < 4.78 is 1.76. The van der Waals surface area contributed by atoms with Gasteiger partial charge in [0.25, 0.3) is 0 Å². The summed E-state index contributed by atoms with van der Waals surface area (Å²) in [6.07, 6.45) is 0. The number of aromatic nitrogens is 2. The van der Waals surface area contributed by atoms with Crippen LogP contribution < -0.4 is 10.6 Å². The summed E-state index contributed by atoms with van der Waals surface area (Å²) >= 11 is 0. The summed E-state index contributed by atoms with van der Waals surface area (Å²) in [5, 5.41) is 10.8. The third-order valence-electron chi connectivity index (χ3n) is 5.82. The smallest absolute Gasteiger partial charge is 0.315 e. The molecule has 7 heteroatoms. The molecule has 0 saturated carbocycles. The summed E-state index contributed by atoms with van der Waals surface area (Å²) in [6, 6.07) is 15.5. The van der Waals surface area contributed by atoms with Crippen molar-refractivity contribution in [3.63, 3.8) is 0 Å². The van der Waals surface area contributed by atoms with Gasteiger partial charge in [-0.3, -0.25) is 4.79 Å². The molecule has 36 heavy (non-hydrogen) atoms. The van der Waals surface area contributed by atoms with Gasteiger partial charge in [0, 0.05) is 23.7 Å². The van der Waals surface area contributed by atoms with Crippen molar-refractivity contribution in [1.29, 1.82) is 0 Å². The molecule has 0 spiro atoms. The molecular formula is C29H39N5O2. The maximum Gasteiger partial charge on any atom is 0.322 e. The topological polar surface area (TPSA) is 79.3 Å². The van der Waals surface area contributed by atoms with E-state index in [0.717, 1.165) is 33.8 Å². The highest BCUT2D eigenvalue weighted by Gasteiger charge is 2.24. The van der Waals surface area contributed by atoms with E-state index in [1.807, 2.05) is 83.1 Å². The summed E-state index contributed by atoms with van der Waals surface area (Å²) in [6.45, 7) is 16.7. The molecule has 3 amide bonds. The Balaban J connectivity index is 1.83.